The molecule has 0 radical (unpaired) electrons. The molecule has 0 amide bonds. The summed E-state index contributed by atoms with van der Waals surface area (Å²) >= 11 is 0. The van der Waals surface area contributed by atoms with E-state index in [9.17, 15) is 8.78 Å². The van der Waals surface area contributed by atoms with Crippen LogP contribution in [0.5, 0.6) is 0 Å². The van der Waals surface area contributed by atoms with Crippen molar-refractivity contribution in [2.45, 2.75) is 19.5 Å². The number of nitrogens with zero attached hydrogens (tertiary/aromatic N) is 2. The van der Waals surface area contributed by atoms with Gasteiger partial charge in [0.1, 0.15) is 0 Å². The Bertz CT molecular complexity index is 571. The molecule has 0 aliphatic heterocycles. The fourth-order valence-electron chi connectivity index (χ4n) is 1.86. The van der Waals surface area contributed by atoms with Gasteiger partial charge in [-0.1, -0.05) is 6.07 Å². The number of aromatic nitrogens is 2. The maximum absolute atomic E-state index is 13.2. The first kappa shape index (κ1) is 14.5. The van der Waals surface area contributed by atoms with Gasteiger partial charge in [-0.05, 0) is 24.6 Å². The lowest BCUT2D eigenvalue weighted by molar-refractivity contribution is 0.183. The van der Waals surface area contributed by atoms with Crippen molar-refractivity contribution in [1.29, 1.82) is 0 Å². The number of rotatable bonds is 6. The monoisotopic (exact) mass is 281 g/mol. The number of benzene rings is 1. The normalized spacial score (nSPS) is 12.4. The van der Waals surface area contributed by atoms with Crippen LogP contribution < -0.4 is 5.32 Å². The maximum Gasteiger partial charge on any atom is 0.159 e. The largest absolute Gasteiger partial charge is 0.383 e. The molecule has 4 nitrogen and oxygen atoms in total. The van der Waals surface area contributed by atoms with Gasteiger partial charge in [0.25, 0.3) is 0 Å². The highest BCUT2D eigenvalue weighted by Crippen LogP contribution is 2.20. The highest BCUT2D eigenvalue weighted by atomic mass is 19.2. The molecule has 108 valence electrons. The molecule has 0 spiro atoms. The molecule has 0 bridgehead atoms. The fourth-order valence-corrected chi connectivity index (χ4v) is 1.86. The van der Waals surface area contributed by atoms with E-state index in [2.05, 4.69) is 10.4 Å². The molecule has 6 heteroatoms. The predicted octanol–water partition coefficient (Wildman–Crippen LogP) is 2.98. The van der Waals surface area contributed by atoms with Crippen molar-refractivity contribution in [3.8, 4) is 0 Å². The van der Waals surface area contributed by atoms with Gasteiger partial charge in [0.05, 0.1) is 25.0 Å². The number of halogens is 2. The lowest BCUT2D eigenvalue weighted by Gasteiger charge is -2.14. The Labute approximate surface area is 116 Å². The molecule has 1 aromatic carbocycles. The first-order valence-electron chi connectivity index (χ1n) is 6.33. The molecule has 1 atom stereocenters. The third kappa shape index (κ3) is 3.54. The molecule has 1 aromatic heterocycles. The Balaban J connectivity index is 2.01. The number of nitrogens with one attached hydrogen (secondary N) is 1. The van der Waals surface area contributed by atoms with Gasteiger partial charge in [-0.3, -0.25) is 4.68 Å². The van der Waals surface area contributed by atoms with Crippen LogP contribution in [0.15, 0.2) is 30.6 Å². The lowest BCUT2D eigenvalue weighted by Crippen LogP contribution is -2.07. The summed E-state index contributed by atoms with van der Waals surface area (Å²) in [5.74, 6) is -1.68. The molecule has 1 unspecified atom stereocenters. The fraction of sp³-hybridized carbons (Fsp3) is 0.357. The van der Waals surface area contributed by atoms with Crippen molar-refractivity contribution in [2.75, 3.05) is 19.0 Å². The summed E-state index contributed by atoms with van der Waals surface area (Å²) in [6, 6.07) is 3.74. The molecular formula is C14H17F2N3O. The summed E-state index contributed by atoms with van der Waals surface area (Å²) in [5, 5.41) is 7.36. The van der Waals surface area contributed by atoms with E-state index >= 15 is 0 Å². The van der Waals surface area contributed by atoms with E-state index in [0.29, 0.717) is 18.7 Å². The van der Waals surface area contributed by atoms with E-state index in [0.717, 1.165) is 11.8 Å². The summed E-state index contributed by atoms with van der Waals surface area (Å²) in [5.41, 5.74) is 1.49. The number of anilines is 1. The van der Waals surface area contributed by atoms with Crippen LogP contribution in [0, 0.1) is 11.6 Å². The maximum atomic E-state index is 13.2. The summed E-state index contributed by atoms with van der Waals surface area (Å²) in [7, 11) is 1.63. The molecule has 0 saturated heterocycles. The predicted molar refractivity (Wildman–Crippen MR) is 72.5 cm³/mol. The average Bonchev–Trinajstić information content (AvgIpc) is 2.87. The molecule has 0 saturated carbocycles. The SMILES string of the molecule is COCCn1cc(NC(C)c2ccc(F)c(F)c2)cn1. The average molecular weight is 281 g/mol. The number of hydrogen-bond donors (Lipinski definition) is 1. The van der Waals surface area contributed by atoms with E-state index in [4.69, 9.17) is 4.74 Å². The standard InChI is InChI=1S/C14H17F2N3O/c1-10(11-3-4-13(15)14(16)7-11)18-12-8-17-19(9-12)5-6-20-2/h3-4,7-10,18H,5-6H2,1-2H3. The van der Waals surface area contributed by atoms with Gasteiger partial charge in [-0.25, -0.2) is 8.78 Å². The topological polar surface area (TPSA) is 39.1 Å². The second-order valence-corrected chi connectivity index (χ2v) is 4.52. The molecule has 1 N–H and O–H groups in total. The van der Waals surface area contributed by atoms with Gasteiger partial charge in [-0.15, -0.1) is 0 Å². The quantitative estimate of drug-likeness (QED) is 0.884. The third-order valence-electron chi connectivity index (χ3n) is 2.98. The second-order valence-electron chi connectivity index (χ2n) is 4.52. The van der Waals surface area contributed by atoms with Crippen molar-refractivity contribution < 1.29 is 13.5 Å². The summed E-state index contributed by atoms with van der Waals surface area (Å²) in [6.07, 6.45) is 3.53. The first-order chi connectivity index (χ1) is 9.60. The van der Waals surface area contributed by atoms with Crippen LogP contribution in [0.3, 0.4) is 0 Å². The lowest BCUT2D eigenvalue weighted by atomic mass is 10.1. The molecule has 2 rings (SSSR count). The molecular weight excluding hydrogens is 264 g/mol. The minimum Gasteiger partial charge on any atom is -0.383 e. The minimum atomic E-state index is -0.841. The summed E-state index contributed by atoms with van der Waals surface area (Å²) in [6.45, 7) is 3.12. The van der Waals surface area contributed by atoms with Crippen LogP contribution in [0.1, 0.15) is 18.5 Å². The van der Waals surface area contributed by atoms with Crippen LogP contribution in [-0.2, 0) is 11.3 Å². The Hall–Kier alpha value is -1.95. The van der Waals surface area contributed by atoms with E-state index in [-0.39, 0.29) is 6.04 Å². The second kappa shape index (κ2) is 6.47. The summed E-state index contributed by atoms with van der Waals surface area (Å²) in [4.78, 5) is 0. The van der Waals surface area contributed by atoms with Gasteiger partial charge < -0.3 is 10.1 Å². The third-order valence-corrected chi connectivity index (χ3v) is 2.98. The number of ether oxygens (including phenoxy) is 1. The first-order valence-corrected chi connectivity index (χ1v) is 6.33. The number of methoxy groups -OCH3 is 1. The number of hydrogen-bond acceptors (Lipinski definition) is 3. The molecule has 0 fully saturated rings. The van der Waals surface area contributed by atoms with Gasteiger partial charge in [0.2, 0.25) is 0 Å². The van der Waals surface area contributed by atoms with E-state index in [1.165, 1.54) is 6.07 Å². The Morgan fingerprint density at radius 1 is 1.35 bits per heavy atom. The van der Waals surface area contributed by atoms with Crippen molar-refractivity contribution in [3.63, 3.8) is 0 Å². The van der Waals surface area contributed by atoms with Crippen LogP contribution in [0.4, 0.5) is 14.5 Å². The summed E-state index contributed by atoms with van der Waals surface area (Å²) < 4.78 is 32.8. The molecule has 2 aromatic rings. The van der Waals surface area contributed by atoms with Crippen LogP contribution in [0.2, 0.25) is 0 Å². The van der Waals surface area contributed by atoms with Crippen molar-refractivity contribution in [2.24, 2.45) is 0 Å². The van der Waals surface area contributed by atoms with E-state index < -0.39 is 11.6 Å². The van der Waals surface area contributed by atoms with E-state index in [1.54, 1.807) is 24.1 Å². The Kier molecular flexibility index (Phi) is 4.68. The van der Waals surface area contributed by atoms with Gasteiger partial charge >= 0.3 is 0 Å². The van der Waals surface area contributed by atoms with Crippen LogP contribution in [-0.4, -0.2) is 23.5 Å². The van der Waals surface area contributed by atoms with E-state index in [1.807, 2.05) is 13.1 Å². The van der Waals surface area contributed by atoms with Crippen LogP contribution >= 0.6 is 0 Å². The molecule has 20 heavy (non-hydrogen) atoms. The van der Waals surface area contributed by atoms with Crippen LogP contribution in [0.25, 0.3) is 0 Å². The molecule has 0 aliphatic rings. The highest BCUT2D eigenvalue weighted by molar-refractivity contribution is 5.41. The van der Waals surface area contributed by atoms with Gasteiger partial charge in [-0.2, -0.15) is 5.10 Å². The van der Waals surface area contributed by atoms with Crippen molar-refractivity contribution in [3.05, 3.63) is 47.8 Å². The smallest absolute Gasteiger partial charge is 0.159 e. The van der Waals surface area contributed by atoms with Gasteiger partial charge in [0, 0.05) is 19.3 Å². The zero-order valence-corrected chi connectivity index (χ0v) is 11.4. The Morgan fingerprint density at radius 2 is 2.15 bits per heavy atom. The zero-order valence-electron chi connectivity index (χ0n) is 11.4. The van der Waals surface area contributed by atoms with Gasteiger partial charge in [0.15, 0.2) is 11.6 Å². The Morgan fingerprint density at radius 3 is 2.85 bits per heavy atom. The molecule has 0 aliphatic carbocycles. The molecule has 1 heterocycles. The van der Waals surface area contributed by atoms with Crippen molar-refractivity contribution in [1.82, 2.24) is 9.78 Å². The highest BCUT2D eigenvalue weighted by Gasteiger charge is 2.10. The van der Waals surface area contributed by atoms with Crippen molar-refractivity contribution >= 4 is 5.69 Å². The zero-order chi connectivity index (χ0) is 14.5. The minimum absolute atomic E-state index is 0.148.